The molecule has 0 radical (unpaired) electrons. The number of ether oxygens (including phenoxy) is 1. The van der Waals surface area contributed by atoms with Crippen LogP contribution in [0.2, 0.25) is 0 Å². The van der Waals surface area contributed by atoms with Gasteiger partial charge in [0.05, 0.1) is 19.9 Å². The fourth-order valence-corrected chi connectivity index (χ4v) is 2.58. The van der Waals surface area contributed by atoms with Crippen molar-refractivity contribution < 1.29 is 9.84 Å². The van der Waals surface area contributed by atoms with Crippen molar-refractivity contribution in [2.75, 3.05) is 27.7 Å². The summed E-state index contributed by atoms with van der Waals surface area (Å²) in [6.07, 6.45) is 0.960. The van der Waals surface area contributed by atoms with Gasteiger partial charge in [-0.1, -0.05) is 6.07 Å². The molecule has 0 aliphatic rings. The molecule has 1 unspecified atom stereocenters. The van der Waals surface area contributed by atoms with E-state index in [0.29, 0.717) is 18.0 Å². The van der Waals surface area contributed by atoms with E-state index in [1.54, 1.807) is 13.3 Å². The van der Waals surface area contributed by atoms with Gasteiger partial charge >= 0.3 is 0 Å². The first kappa shape index (κ1) is 14.0. The molecular formula is C13H19N3O2S. The number of methoxy groups -OCH3 is 1. The van der Waals surface area contributed by atoms with Gasteiger partial charge in [0.15, 0.2) is 5.75 Å². The van der Waals surface area contributed by atoms with Crippen LogP contribution >= 0.6 is 11.3 Å². The predicted molar refractivity (Wildman–Crippen MR) is 75.7 cm³/mol. The molecule has 6 heteroatoms. The third-order valence-electron chi connectivity index (χ3n) is 2.90. The average Bonchev–Trinajstić information content (AvgIpc) is 3.04. The standard InChI is InChI=1S/C13H19N3O2S/c1-15(2)6-7-16-12(10(18-3)9-14-16)13(17)11-5-4-8-19-11/h4-5,8-9,13,17H,6-7H2,1-3H3. The molecule has 104 valence electrons. The Labute approximate surface area is 117 Å². The van der Waals surface area contributed by atoms with Crippen LogP contribution in [0.5, 0.6) is 5.75 Å². The van der Waals surface area contributed by atoms with Crippen LogP contribution in [0.3, 0.4) is 0 Å². The van der Waals surface area contributed by atoms with Crippen LogP contribution in [0.15, 0.2) is 23.7 Å². The maximum absolute atomic E-state index is 10.5. The summed E-state index contributed by atoms with van der Waals surface area (Å²) in [6, 6.07) is 3.84. The Morgan fingerprint density at radius 1 is 1.53 bits per heavy atom. The highest BCUT2D eigenvalue weighted by molar-refractivity contribution is 7.10. The predicted octanol–water partition coefficient (Wildman–Crippen LogP) is 1.60. The summed E-state index contributed by atoms with van der Waals surface area (Å²) in [6.45, 7) is 1.57. The number of likely N-dealkylation sites (N-methyl/N-ethyl adjacent to an activating group) is 1. The van der Waals surface area contributed by atoms with Crippen LogP contribution in [-0.4, -0.2) is 47.5 Å². The van der Waals surface area contributed by atoms with E-state index in [4.69, 9.17) is 4.74 Å². The van der Waals surface area contributed by atoms with Gasteiger partial charge in [-0.15, -0.1) is 11.3 Å². The highest BCUT2D eigenvalue weighted by Gasteiger charge is 2.22. The molecule has 2 heterocycles. The van der Waals surface area contributed by atoms with Gasteiger partial charge in [-0.05, 0) is 25.5 Å². The van der Waals surface area contributed by atoms with Crippen LogP contribution in [0.25, 0.3) is 0 Å². The van der Waals surface area contributed by atoms with Crippen molar-refractivity contribution in [2.45, 2.75) is 12.6 Å². The molecule has 0 aliphatic heterocycles. The van der Waals surface area contributed by atoms with Gasteiger partial charge in [0.1, 0.15) is 11.8 Å². The zero-order chi connectivity index (χ0) is 13.8. The molecule has 1 atom stereocenters. The van der Waals surface area contributed by atoms with Gasteiger partial charge < -0.3 is 14.7 Å². The Bertz CT molecular complexity index is 508. The van der Waals surface area contributed by atoms with Crippen LogP contribution in [0, 0.1) is 0 Å². The molecule has 0 bridgehead atoms. The molecule has 1 N–H and O–H groups in total. The van der Waals surface area contributed by atoms with Crippen LogP contribution < -0.4 is 4.74 Å². The fraction of sp³-hybridized carbons (Fsp3) is 0.462. The van der Waals surface area contributed by atoms with Crippen molar-refractivity contribution >= 4 is 11.3 Å². The van der Waals surface area contributed by atoms with Crippen molar-refractivity contribution in [2.24, 2.45) is 0 Å². The molecule has 19 heavy (non-hydrogen) atoms. The maximum atomic E-state index is 10.5. The smallest absolute Gasteiger partial charge is 0.163 e. The monoisotopic (exact) mass is 281 g/mol. The van der Waals surface area contributed by atoms with Crippen LogP contribution in [0.4, 0.5) is 0 Å². The first-order valence-corrected chi connectivity index (χ1v) is 6.97. The number of aliphatic hydroxyl groups excluding tert-OH is 1. The molecule has 0 amide bonds. The molecule has 0 aliphatic carbocycles. The lowest BCUT2D eigenvalue weighted by Crippen LogP contribution is -2.21. The molecule has 0 fully saturated rings. The summed E-state index contributed by atoms with van der Waals surface area (Å²) in [5.74, 6) is 0.625. The lowest BCUT2D eigenvalue weighted by molar-refractivity contribution is 0.204. The number of hydrogen-bond donors (Lipinski definition) is 1. The molecule has 0 saturated heterocycles. The zero-order valence-electron chi connectivity index (χ0n) is 11.4. The number of hydrogen-bond acceptors (Lipinski definition) is 5. The van der Waals surface area contributed by atoms with Gasteiger partial charge in [-0.2, -0.15) is 5.10 Å². The summed E-state index contributed by atoms with van der Waals surface area (Å²) < 4.78 is 7.11. The van der Waals surface area contributed by atoms with E-state index in [0.717, 1.165) is 11.4 Å². The highest BCUT2D eigenvalue weighted by atomic mass is 32.1. The van der Waals surface area contributed by atoms with E-state index >= 15 is 0 Å². The third kappa shape index (κ3) is 3.15. The first-order chi connectivity index (χ1) is 9.13. The summed E-state index contributed by atoms with van der Waals surface area (Å²) in [4.78, 5) is 2.97. The van der Waals surface area contributed by atoms with E-state index in [1.165, 1.54) is 11.3 Å². The van der Waals surface area contributed by atoms with Crippen molar-refractivity contribution in [3.63, 3.8) is 0 Å². The van der Waals surface area contributed by atoms with Gasteiger partial charge in [-0.25, -0.2) is 0 Å². The number of nitrogens with zero attached hydrogens (tertiary/aromatic N) is 3. The molecule has 0 aromatic carbocycles. The second-order valence-electron chi connectivity index (χ2n) is 4.54. The average molecular weight is 281 g/mol. The Hall–Kier alpha value is -1.37. The topological polar surface area (TPSA) is 50.5 Å². The van der Waals surface area contributed by atoms with Crippen molar-refractivity contribution in [1.82, 2.24) is 14.7 Å². The Morgan fingerprint density at radius 2 is 2.32 bits per heavy atom. The number of thiophene rings is 1. The summed E-state index contributed by atoms with van der Waals surface area (Å²) in [7, 11) is 5.62. The summed E-state index contributed by atoms with van der Waals surface area (Å²) >= 11 is 1.52. The minimum absolute atomic E-state index is 0.625. The molecule has 2 aromatic heterocycles. The maximum Gasteiger partial charge on any atom is 0.163 e. The zero-order valence-corrected chi connectivity index (χ0v) is 12.2. The van der Waals surface area contributed by atoms with Crippen molar-refractivity contribution in [3.05, 3.63) is 34.3 Å². The largest absolute Gasteiger partial charge is 0.493 e. The van der Waals surface area contributed by atoms with E-state index in [2.05, 4.69) is 10.00 Å². The van der Waals surface area contributed by atoms with Crippen LogP contribution in [0.1, 0.15) is 16.7 Å². The normalized spacial score (nSPS) is 12.9. The number of aliphatic hydroxyl groups is 1. The Kier molecular flexibility index (Phi) is 4.57. The number of aromatic nitrogens is 2. The molecule has 0 saturated carbocycles. The van der Waals surface area contributed by atoms with Gasteiger partial charge in [-0.3, -0.25) is 4.68 Å². The lowest BCUT2D eigenvalue weighted by atomic mass is 10.2. The van der Waals surface area contributed by atoms with Crippen LogP contribution in [-0.2, 0) is 6.54 Å². The summed E-state index contributed by atoms with van der Waals surface area (Å²) in [5.41, 5.74) is 0.715. The first-order valence-electron chi connectivity index (χ1n) is 6.09. The highest BCUT2D eigenvalue weighted by Crippen LogP contribution is 2.32. The second kappa shape index (κ2) is 6.18. The molecule has 5 nitrogen and oxygen atoms in total. The number of rotatable bonds is 6. The van der Waals surface area contributed by atoms with E-state index in [1.807, 2.05) is 36.3 Å². The lowest BCUT2D eigenvalue weighted by Gasteiger charge is -2.15. The minimum Gasteiger partial charge on any atom is -0.493 e. The second-order valence-corrected chi connectivity index (χ2v) is 5.52. The SMILES string of the molecule is COc1cnn(CCN(C)C)c1C(O)c1cccs1. The Balaban J connectivity index is 2.28. The molecular weight excluding hydrogens is 262 g/mol. The van der Waals surface area contributed by atoms with E-state index < -0.39 is 6.10 Å². The minimum atomic E-state index is -0.695. The van der Waals surface area contributed by atoms with Crippen molar-refractivity contribution in [3.8, 4) is 5.75 Å². The molecule has 2 aromatic rings. The Morgan fingerprint density at radius 3 is 2.89 bits per heavy atom. The summed E-state index contributed by atoms with van der Waals surface area (Å²) in [5, 5.41) is 16.7. The van der Waals surface area contributed by atoms with Gasteiger partial charge in [0.25, 0.3) is 0 Å². The fourth-order valence-electron chi connectivity index (χ4n) is 1.87. The molecule has 2 rings (SSSR count). The third-order valence-corrected chi connectivity index (χ3v) is 3.82. The van der Waals surface area contributed by atoms with Crippen molar-refractivity contribution in [1.29, 1.82) is 0 Å². The quantitative estimate of drug-likeness (QED) is 0.874. The van der Waals surface area contributed by atoms with E-state index in [-0.39, 0.29) is 0 Å². The van der Waals surface area contributed by atoms with E-state index in [9.17, 15) is 5.11 Å². The van der Waals surface area contributed by atoms with Gasteiger partial charge in [0, 0.05) is 11.4 Å². The molecule has 0 spiro atoms. The van der Waals surface area contributed by atoms with Gasteiger partial charge in [0.2, 0.25) is 0 Å².